The van der Waals surface area contributed by atoms with E-state index in [1.165, 1.54) is 0 Å². The quantitative estimate of drug-likeness (QED) is 0.770. The molecule has 0 radical (unpaired) electrons. The van der Waals surface area contributed by atoms with E-state index in [0.29, 0.717) is 18.4 Å². The first-order chi connectivity index (χ1) is 12.6. The van der Waals surface area contributed by atoms with Crippen LogP contribution in [0.15, 0.2) is 42.7 Å². The van der Waals surface area contributed by atoms with Crippen molar-refractivity contribution in [3.05, 3.63) is 42.7 Å². The van der Waals surface area contributed by atoms with Crippen LogP contribution in [0.4, 0.5) is 5.82 Å². The smallest absolute Gasteiger partial charge is 0.254 e. The summed E-state index contributed by atoms with van der Waals surface area (Å²) in [6, 6.07) is 12.6. The number of nitrogens with zero attached hydrogens (tertiary/aromatic N) is 6. The molecule has 1 fully saturated rings. The summed E-state index contributed by atoms with van der Waals surface area (Å²) in [5, 5.41) is 14.0. The summed E-state index contributed by atoms with van der Waals surface area (Å²) in [7, 11) is 0. The fourth-order valence-corrected chi connectivity index (χ4v) is 3.67. The van der Waals surface area contributed by atoms with Gasteiger partial charge in [0, 0.05) is 43.9 Å². The minimum absolute atomic E-state index is 0.304. The maximum atomic E-state index is 9.66. The van der Waals surface area contributed by atoms with Crippen LogP contribution in [0.25, 0.3) is 17.0 Å². The second kappa shape index (κ2) is 7.01. The zero-order valence-electron chi connectivity index (χ0n) is 15.2. The van der Waals surface area contributed by atoms with Gasteiger partial charge in [-0.3, -0.25) is 4.90 Å². The standard InChI is InChI=1S/C19H24N6O/c1-14-11-23(12-15(2)26)8-9-24(14)18-10-17(16-6-4-3-5-7-16)22-19-20-13-21-25(18)19/h3-7,10,13-15,26H,8-9,11-12H2,1-2H3. The molecule has 1 aromatic carbocycles. The molecule has 26 heavy (non-hydrogen) atoms. The van der Waals surface area contributed by atoms with Crippen molar-refractivity contribution in [3.8, 4) is 11.3 Å². The highest BCUT2D eigenvalue weighted by atomic mass is 16.3. The zero-order chi connectivity index (χ0) is 18.1. The number of aliphatic hydroxyl groups excluding tert-OH is 1. The molecule has 1 aliphatic heterocycles. The van der Waals surface area contributed by atoms with Gasteiger partial charge in [-0.1, -0.05) is 30.3 Å². The molecule has 0 saturated carbocycles. The topological polar surface area (TPSA) is 69.8 Å². The Morgan fingerprint density at radius 1 is 1.23 bits per heavy atom. The van der Waals surface area contributed by atoms with Gasteiger partial charge in [-0.15, -0.1) is 0 Å². The number of benzene rings is 1. The molecule has 136 valence electrons. The van der Waals surface area contributed by atoms with E-state index in [-0.39, 0.29) is 6.10 Å². The summed E-state index contributed by atoms with van der Waals surface area (Å²) in [4.78, 5) is 13.6. The van der Waals surface area contributed by atoms with Crippen molar-refractivity contribution in [1.29, 1.82) is 0 Å². The normalized spacial score (nSPS) is 19.8. The summed E-state index contributed by atoms with van der Waals surface area (Å²) in [5.41, 5.74) is 1.97. The first-order valence-corrected chi connectivity index (χ1v) is 9.05. The largest absolute Gasteiger partial charge is 0.392 e. The van der Waals surface area contributed by atoms with Gasteiger partial charge in [0.2, 0.25) is 0 Å². The fourth-order valence-electron chi connectivity index (χ4n) is 3.67. The van der Waals surface area contributed by atoms with E-state index in [1.807, 2.05) is 29.6 Å². The summed E-state index contributed by atoms with van der Waals surface area (Å²) in [6.45, 7) is 7.45. The highest BCUT2D eigenvalue weighted by molar-refractivity contribution is 5.66. The third-order valence-corrected chi connectivity index (χ3v) is 4.83. The number of fused-ring (bicyclic) bond motifs is 1. The molecule has 7 heteroatoms. The Balaban J connectivity index is 1.69. The SMILES string of the molecule is CC(O)CN1CCN(c2cc(-c3ccccc3)nc3ncnn23)C(C)C1. The molecule has 2 unspecified atom stereocenters. The Bertz CT molecular complexity index is 878. The van der Waals surface area contributed by atoms with Crippen LogP contribution in [0, 0.1) is 0 Å². The zero-order valence-corrected chi connectivity index (χ0v) is 15.2. The van der Waals surface area contributed by atoms with Gasteiger partial charge in [-0.05, 0) is 13.8 Å². The highest BCUT2D eigenvalue weighted by Gasteiger charge is 2.27. The van der Waals surface area contributed by atoms with Crippen LogP contribution < -0.4 is 4.90 Å². The predicted octanol–water partition coefficient (Wildman–Crippen LogP) is 1.68. The molecule has 0 amide bonds. The molecule has 4 rings (SSSR count). The molecular weight excluding hydrogens is 328 g/mol. The van der Waals surface area contributed by atoms with Crippen molar-refractivity contribution in [3.63, 3.8) is 0 Å². The molecule has 1 saturated heterocycles. The first-order valence-electron chi connectivity index (χ1n) is 9.05. The van der Waals surface area contributed by atoms with E-state index in [2.05, 4.69) is 50.0 Å². The first kappa shape index (κ1) is 16.9. The van der Waals surface area contributed by atoms with E-state index >= 15 is 0 Å². The lowest BCUT2D eigenvalue weighted by Gasteiger charge is -2.41. The average molecular weight is 352 g/mol. The van der Waals surface area contributed by atoms with Crippen molar-refractivity contribution in [1.82, 2.24) is 24.5 Å². The van der Waals surface area contributed by atoms with Gasteiger partial charge in [-0.25, -0.2) is 4.98 Å². The molecule has 1 aliphatic rings. The van der Waals surface area contributed by atoms with Crippen LogP contribution in [0.5, 0.6) is 0 Å². The molecular formula is C19H24N6O. The van der Waals surface area contributed by atoms with Crippen LogP contribution in [0.3, 0.4) is 0 Å². The summed E-state index contributed by atoms with van der Waals surface area (Å²) in [5.74, 6) is 1.62. The lowest BCUT2D eigenvalue weighted by molar-refractivity contribution is 0.114. The van der Waals surface area contributed by atoms with Crippen molar-refractivity contribution in [2.75, 3.05) is 31.1 Å². The van der Waals surface area contributed by atoms with Crippen LogP contribution in [-0.4, -0.2) is 67.9 Å². The lowest BCUT2D eigenvalue weighted by atomic mass is 10.1. The second-order valence-corrected chi connectivity index (χ2v) is 6.99. The van der Waals surface area contributed by atoms with Gasteiger partial charge in [0.1, 0.15) is 12.1 Å². The summed E-state index contributed by atoms with van der Waals surface area (Å²) >= 11 is 0. The predicted molar refractivity (Wildman–Crippen MR) is 101 cm³/mol. The van der Waals surface area contributed by atoms with Gasteiger partial charge >= 0.3 is 0 Å². The summed E-state index contributed by atoms with van der Waals surface area (Å²) < 4.78 is 1.81. The number of piperazine rings is 1. The Morgan fingerprint density at radius 3 is 2.77 bits per heavy atom. The van der Waals surface area contributed by atoms with Crippen LogP contribution in [0.2, 0.25) is 0 Å². The van der Waals surface area contributed by atoms with Crippen LogP contribution in [-0.2, 0) is 0 Å². The molecule has 7 nitrogen and oxygen atoms in total. The van der Waals surface area contributed by atoms with E-state index in [4.69, 9.17) is 0 Å². The van der Waals surface area contributed by atoms with Gasteiger partial charge in [0.05, 0.1) is 11.8 Å². The fraction of sp³-hybridized carbons (Fsp3) is 0.421. The van der Waals surface area contributed by atoms with Crippen molar-refractivity contribution >= 4 is 11.6 Å². The van der Waals surface area contributed by atoms with Crippen LogP contribution >= 0.6 is 0 Å². The van der Waals surface area contributed by atoms with Gasteiger partial charge in [0.25, 0.3) is 5.78 Å². The summed E-state index contributed by atoms with van der Waals surface area (Å²) in [6.07, 6.45) is 1.25. The number of aliphatic hydroxyl groups is 1. The maximum absolute atomic E-state index is 9.66. The van der Waals surface area contributed by atoms with Crippen LogP contribution in [0.1, 0.15) is 13.8 Å². The number of hydrogen-bond acceptors (Lipinski definition) is 6. The minimum atomic E-state index is -0.304. The van der Waals surface area contributed by atoms with E-state index in [0.717, 1.165) is 36.7 Å². The number of aromatic nitrogens is 4. The van der Waals surface area contributed by atoms with E-state index in [1.54, 1.807) is 6.33 Å². The molecule has 3 heterocycles. The van der Waals surface area contributed by atoms with Crippen molar-refractivity contribution in [2.45, 2.75) is 26.0 Å². The Labute approximate surface area is 152 Å². The highest BCUT2D eigenvalue weighted by Crippen LogP contribution is 2.26. The Morgan fingerprint density at radius 2 is 2.04 bits per heavy atom. The third-order valence-electron chi connectivity index (χ3n) is 4.83. The molecule has 0 bridgehead atoms. The monoisotopic (exact) mass is 352 g/mol. The average Bonchev–Trinajstić information content (AvgIpc) is 3.10. The molecule has 2 aromatic heterocycles. The van der Waals surface area contributed by atoms with Crippen molar-refractivity contribution < 1.29 is 5.11 Å². The third kappa shape index (κ3) is 3.27. The van der Waals surface area contributed by atoms with E-state index < -0.39 is 0 Å². The number of β-amino-alcohol motifs (C(OH)–C–C–N with tert-alkyl or cyclic N) is 1. The minimum Gasteiger partial charge on any atom is -0.392 e. The van der Waals surface area contributed by atoms with E-state index in [9.17, 15) is 5.11 Å². The van der Waals surface area contributed by atoms with Gasteiger partial charge in [-0.2, -0.15) is 14.6 Å². The molecule has 0 aliphatic carbocycles. The second-order valence-electron chi connectivity index (χ2n) is 6.99. The molecule has 2 atom stereocenters. The number of rotatable bonds is 4. The number of anilines is 1. The lowest BCUT2D eigenvalue weighted by Crippen LogP contribution is -2.53. The molecule has 0 spiro atoms. The van der Waals surface area contributed by atoms with Gasteiger partial charge < -0.3 is 10.0 Å². The maximum Gasteiger partial charge on any atom is 0.254 e. The Hall–Kier alpha value is -2.51. The van der Waals surface area contributed by atoms with Crippen molar-refractivity contribution in [2.24, 2.45) is 0 Å². The molecule has 1 N–H and O–H groups in total. The Kier molecular flexibility index (Phi) is 4.57. The van der Waals surface area contributed by atoms with Gasteiger partial charge in [0.15, 0.2) is 0 Å². The number of hydrogen-bond donors (Lipinski definition) is 1. The molecule has 3 aromatic rings.